The molecule has 0 saturated carbocycles. The Hall–Kier alpha value is -0.960. The zero-order valence-electron chi connectivity index (χ0n) is 10.0. The normalized spacial score (nSPS) is 11.4. The second kappa shape index (κ2) is 6.66. The van der Waals surface area contributed by atoms with Gasteiger partial charge in [-0.25, -0.2) is 17.2 Å². The van der Waals surface area contributed by atoms with Crippen LogP contribution in [0.2, 0.25) is 5.02 Å². The van der Waals surface area contributed by atoms with E-state index in [9.17, 15) is 22.0 Å². The Kier molecular flexibility index (Phi) is 5.69. The first-order valence-electron chi connectivity index (χ1n) is 5.09. The molecule has 0 bridgehead atoms. The van der Waals surface area contributed by atoms with Crippen LogP contribution in [-0.2, 0) is 13.8 Å². The van der Waals surface area contributed by atoms with Gasteiger partial charge in [-0.3, -0.25) is 4.79 Å². The molecule has 1 N–H and O–H groups in total. The minimum absolute atomic E-state index is 0.0770. The van der Waals surface area contributed by atoms with Crippen LogP contribution in [0.25, 0.3) is 0 Å². The first-order valence-corrected chi connectivity index (χ1v) is 7.78. The van der Waals surface area contributed by atoms with Crippen LogP contribution in [-0.4, -0.2) is 34.6 Å². The number of carbonyl (C=O) groups is 1. The third-order valence-corrected chi connectivity index (χ3v) is 4.03. The van der Waals surface area contributed by atoms with Crippen LogP contribution in [0.15, 0.2) is 11.0 Å². The molecule has 0 saturated heterocycles. The fourth-order valence-corrected chi connectivity index (χ4v) is 3.04. The van der Waals surface area contributed by atoms with E-state index in [1.165, 1.54) is 7.11 Å². The zero-order valence-corrected chi connectivity index (χ0v) is 12.4. The van der Waals surface area contributed by atoms with Gasteiger partial charge in [0.1, 0.15) is 4.90 Å². The number of ether oxygens (including phenoxy) is 1. The van der Waals surface area contributed by atoms with Crippen molar-refractivity contribution in [1.29, 1.82) is 0 Å². The Morgan fingerprint density at radius 1 is 1.45 bits per heavy atom. The van der Waals surface area contributed by atoms with Crippen LogP contribution in [0, 0.1) is 11.6 Å². The summed E-state index contributed by atoms with van der Waals surface area (Å²) in [5.74, 6) is -4.17. The van der Waals surface area contributed by atoms with Crippen molar-refractivity contribution in [3.05, 3.63) is 28.3 Å². The van der Waals surface area contributed by atoms with Crippen molar-refractivity contribution in [2.45, 2.75) is 4.90 Å². The van der Waals surface area contributed by atoms with Crippen molar-refractivity contribution >= 4 is 37.2 Å². The molecule has 0 unspecified atom stereocenters. The second-order valence-corrected chi connectivity index (χ2v) is 6.43. The average molecular weight is 348 g/mol. The van der Waals surface area contributed by atoms with E-state index in [0.717, 1.165) is 0 Å². The standard InChI is InChI=1S/C10H9Cl2F2NO4S/c1-19-3-2-15-10(16)5-4-6(13)8(14)9(7(5)11)20(12,17)18/h4H,2-3H2,1H3,(H,15,16). The van der Waals surface area contributed by atoms with Crippen LogP contribution < -0.4 is 5.32 Å². The van der Waals surface area contributed by atoms with E-state index < -0.39 is 42.1 Å². The Labute approximate surface area is 123 Å². The molecule has 1 rings (SSSR count). The Bertz CT molecular complexity index is 637. The number of hydrogen-bond acceptors (Lipinski definition) is 4. The van der Waals surface area contributed by atoms with Gasteiger partial charge >= 0.3 is 0 Å². The number of methoxy groups -OCH3 is 1. The van der Waals surface area contributed by atoms with Crippen LogP contribution in [0.3, 0.4) is 0 Å². The van der Waals surface area contributed by atoms with Crippen molar-refractivity contribution in [1.82, 2.24) is 5.32 Å². The van der Waals surface area contributed by atoms with Crippen molar-refractivity contribution in [2.75, 3.05) is 20.3 Å². The molecule has 0 fully saturated rings. The molecule has 1 amide bonds. The van der Waals surface area contributed by atoms with Gasteiger partial charge in [0.25, 0.3) is 15.0 Å². The molecule has 1 aromatic carbocycles. The summed E-state index contributed by atoms with van der Waals surface area (Å²) < 4.78 is 53.8. The molecule has 0 spiro atoms. The minimum atomic E-state index is -4.65. The van der Waals surface area contributed by atoms with E-state index in [0.29, 0.717) is 6.07 Å². The number of benzene rings is 1. The number of rotatable bonds is 5. The van der Waals surface area contributed by atoms with Gasteiger partial charge in [0.15, 0.2) is 11.6 Å². The van der Waals surface area contributed by atoms with E-state index in [1.54, 1.807) is 0 Å². The smallest absolute Gasteiger partial charge is 0.265 e. The summed E-state index contributed by atoms with van der Waals surface area (Å²) >= 11 is 5.62. The van der Waals surface area contributed by atoms with E-state index in [2.05, 4.69) is 10.1 Å². The number of halogens is 4. The summed E-state index contributed by atoms with van der Waals surface area (Å²) in [5.41, 5.74) is -0.541. The highest BCUT2D eigenvalue weighted by Crippen LogP contribution is 2.32. The van der Waals surface area contributed by atoms with Gasteiger partial charge in [-0.1, -0.05) is 11.6 Å². The van der Waals surface area contributed by atoms with E-state index in [4.69, 9.17) is 22.3 Å². The molecular formula is C10H9Cl2F2NO4S. The van der Waals surface area contributed by atoms with Crippen LogP contribution >= 0.6 is 22.3 Å². The van der Waals surface area contributed by atoms with Crippen LogP contribution in [0.5, 0.6) is 0 Å². The van der Waals surface area contributed by atoms with Crippen molar-refractivity contribution < 1.29 is 26.7 Å². The largest absolute Gasteiger partial charge is 0.383 e. The van der Waals surface area contributed by atoms with Gasteiger partial charge in [0.2, 0.25) is 0 Å². The first kappa shape index (κ1) is 17.1. The minimum Gasteiger partial charge on any atom is -0.383 e. The third-order valence-electron chi connectivity index (χ3n) is 2.20. The summed E-state index contributed by atoms with van der Waals surface area (Å²) in [6.45, 7) is 0.251. The van der Waals surface area contributed by atoms with Gasteiger partial charge in [-0.05, 0) is 6.07 Å². The highest BCUT2D eigenvalue weighted by Gasteiger charge is 2.28. The molecule has 0 aromatic heterocycles. The van der Waals surface area contributed by atoms with Gasteiger partial charge in [-0.2, -0.15) is 0 Å². The number of nitrogens with one attached hydrogen (secondary N) is 1. The zero-order chi connectivity index (χ0) is 15.5. The molecule has 0 aliphatic carbocycles. The third kappa shape index (κ3) is 3.78. The van der Waals surface area contributed by atoms with E-state index in [1.807, 2.05) is 0 Å². The lowest BCUT2D eigenvalue weighted by atomic mass is 10.2. The van der Waals surface area contributed by atoms with Crippen LogP contribution in [0.4, 0.5) is 8.78 Å². The SMILES string of the molecule is COCCNC(=O)c1cc(F)c(F)c(S(=O)(=O)Cl)c1Cl. The summed E-state index contributed by atoms with van der Waals surface area (Å²) in [6.07, 6.45) is 0. The van der Waals surface area contributed by atoms with Crippen molar-refractivity contribution in [3.63, 3.8) is 0 Å². The molecule has 0 radical (unpaired) electrons. The maximum atomic E-state index is 13.4. The van der Waals surface area contributed by atoms with Crippen molar-refractivity contribution in [3.8, 4) is 0 Å². The van der Waals surface area contributed by atoms with Gasteiger partial charge in [-0.15, -0.1) is 0 Å². The molecular weight excluding hydrogens is 339 g/mol. The highest BCUT2D eigenvalue weighted by molar-refractivity contribution is 8.13. The molecule has 5 nitrogen and oxygen atoms in total. The quantitative estimate of drug-likeness (QED) is 0.501. The Morgan fingerprint density at radius 2 is 2.05 bits per heavy atom. The predicted octanol–water partition coefficient (Wildman–Crippen LogP) is 1.92. The summed E-state index contributed by atoms with van der Waals surface area (Å²) in [5, 5.41) is 1.51. The molecule has 0 atom stereocenters. The Balaban J connectivity index is 3.30. The lowest BCUT2D eigenvalue weighted by molar-refractivity contribution is 0.0936. The second-order valence-electron chi connectivity index (χ2n) is 3.55. The topological polar surface area (TPSA) is 72.5 Å². The lowest BCUT2D eigenvalue weighted by Gasteiger charge is -2.10. The van der Waals surface area contributed by atoms with Gasteiger partial charge in [0.05, 0.1) is 17.2 Å². The first-order chi connectivity index (χ1) is 9.20. The molecule has 0 heterocycles. The van der Waals surface area contributed by atoms with E-state index in [-0.39, 0.29) is 13.2 Å². The monoisotopic (exact) mass is 347 g/mol. The average Bonchev–Trinajstić information content (AvgIpc) is 2.32. The number of amides is 1. The predicted molar refractivity (Wildman–Crippen MR) is 68.6 cm³/mol. The van der Waals surface area contributed by atoms with Crippen LogP contribution in [0.1, 0.15) is 10.4 Å². The number of hydrogen-bond donors (Lipinski definition) is 1. The maximum absolute atomic E-state index is 13.4. The maximum Gasteiger partial charge on any atom is 0.265 e. The molecule has 0 aliphatic heterocycles. The molecule has 0 aliphatic rings. The molecule has 1 aromatic rings. The fraction of sp³-hybridized carbons (Fsp3) is 0.300. The number of carbonyl (C=O) groups excluding carboxylic acids is 1. The molecule has 112 valence electrons. The molecule has 20 heavy (non-hydrogen) atoms. The molecule has 10 heteroatoms. The Morgan fingerprint density at radius 3 is 2.55 bits per heavy atom. The summed E-state index contributed by atoms with van der Waals surface area (Å²) in [6, 6.07) is 0.491. The summed E-state index contributed by atoms with van der Waals surface area (Å²) in [7, 11) is 1.72. The lowest BCUT2D eigenvalue weighted by Crippen LogP contribution is -2.27. The summed E-state index contributed by atoms with van der Waals surface area (Å²) in [4.78, 5) is 10.4. The van der Waals surface area contributed by atoms with Gasteiger partial charge < -0.3 is 10.1 Å². The van der Waals surface area contributed by atoms with Gasteiger partial charge in [0, 0.05) is 24.3 Å². The highest BCUT2D eigenvalue weighted by atomic mass is 35.7. The van der Waals surface area contributed by atoms with Crippen molar-refractivity contribution in [2.24, 2.45) is 0 Å². The van der Waals surface area contributed by atoms with E-state index >= 15 is 0 Å². The fourth-order valence-electron chi connectivity index (χ4n) is 1.32.